The van der Waals surface area contributed by atoms with Crippen LogP contribution in [0.5, 0.6) is 5.75 Å². The maximum absolute atomic E-state index is 13.2. The SMILES string of the molecule is NC(=O)c1cc2c(cc1OCC1CCCCC1)CCCC[C@@H]2NC(=O)[C@@H](N)Cc1ccc(P(=O)(O)O)c(P(=O)(O)O)c1. The molecule has 4 rings (SSSR count). The monoisotopic (exact) mass is 623 g/mol. The first-order valence-electron chi connectivity index (χ1n) is 14.1. The third-order valence-electron chi connectivity index (χ3n) is 8.05. The Kier molecular flexibility index (Phi) is 10.3. The van der Waals surface area contributed by atoms with Crippen molar-refractivity contribution >= 4 is 37.6 Å². The van der Waals surface area contributed by atoms with Crippen LogP contribution in [0.15, 0.2) is 30.3 Å². The number of nitrogens with two attached hydrogens (primary N) is 2. The molecule has 1 fully saturated rings. The van der Waals surface area contributed by atoms with Crippen LogP contribution in [0.4, 0.5) is 0 Å². The Labute approximate surface area is 244 Å². The number of carbonyl (C=O) groups excluding carboxylic acids is 2. The van der Waals surface area contributed by atoms with Crippen molar-refractivity contribution in [1.29, 1.82) is 0 Å². The van der Waals surface area contributed by atoms with Crippen LogP contribution in [0.3, 0.4) is 0 Å². The Morgan fingerprint density at radius 1 is 0.929 bits per heavy atom. The fraction of sp³-hybridized carbons (Fsp3) is 0.500. The molecule has 0 unspecified atom stereocenters. The van der Waals surface area contributed by atoms with Gasteiger partial charge < -0.3 is 41.1 Å². The summed E-state index contributed by atoms with van der Waals surface area (Å²) in [5.74, 6) is -0.252. The second kappa shape index (κ2) is 13.4. The van der Waals surface area contributed by atoms with Gasteiger partial charge in [0.1, 0.15) is 5.75 Å². The van der Waals surface area contributed by atoms with Crippen molar-refractivity contribution in [2.24, 2.45) is 17.4 Å². The summed E-state index contributed by atoms with van der Waals surface area (Å²) in [5.41, 5.74) is 14.1. The van der Waals surface area contributed by atoms with E-state index < -0.39 is 49.7 Å². The molecule has 0 radical (unpaired) electrons. The molecule has 12 nitrogen and oxygen atoms in total. The van der Waals surface area contributed by atoms with Crippen molar-refractivity contribution < 1.29 is 43.0 Å². The molecule has 9 N–H and O–H groups in total. The van der Waals surface area contributed by atoms with Crippen LogP contribution in [-0.2, 0) is 26.8 Å². The number of primary amides is 1. The Morgan fingerprint density at radius 2 is 1.60 bits per heavy atom. The first-order chi connectivity index (χ1) is 19.7. The minimum Gasteiger partial charge on any atom is -0.492 e. The molecule has 0 heterocycles. The topological polar surface area (TPSA) is 222 Å². The Hall–Kier alpha value is -2.56. The van der Waals surface area contributed by atoms with Gasteiger partial charge in [-0.3, -0.25) is 18.7 Å². The zero-order valence-electron chi connectivity index (χ0n) is 23.3. The minimum absolute atomic E-state index is 0.139. The van der Waals surface area contributed by atoms with E-state index in [-0.39, 0.29) is 17.5 Å². The molecular weight excluding hydrogens is 584 g/mol. The number of amides is 2. The quantitative estimate of drug-likeness (QED) is 0.150. The predicted octanol–water partition coefficient (Wildman–Crippen LogP) is 1.80. The molecule has 2 aliphatic carbocycles. The van der Waals surface area contributed by atoms with E-state index in [0.29, 0.717) is 24.7 Å². The van der Waals surface area contributed by atoms with Crippen molar-refractivity contribution in [3.05, 3.63) is 52.6 Å². The molecule has 0 aliphatic heterocycles. The normalized spacial score (nSPS) is 18.9. The first kappa shape index (κ1) is 32.4. The number of ether oxygens (including phenoxy) is 1. The van der Waals surface area contributed by atoms with Gasteiger partial charge in [-0.2, -0.15) is 0 Å². The highest BCUT2D eigenvalue weighted by Gasteiger charge is 2.32. The van der Waals surface area contributed by atoms with Crippen LogP contribution in [0.2, 0.25) is 0 Å². The fourth-order valence-corrected chi connectivity index (χ4v) is 7.94. The van der Waals surface area contributed by atoms with Crippen molar-refractivity contribution in [2.75, 3.05) is 6.61 Å². The molecular formula is C28H39N3O9P2. The van der Waals surface area contributed by atoms with Gasteiger partial charge >= 0.3 is 15.2 Å². The summed E-state index contributed by atoms with van der Waals surface area (Å²) in [5, 5.41) is 1.37. The van der Waals surface area contributed by atoms with Crippen LogP contribution in [-0.4, -0.2) is 44.0 Å². The lowest BCUT2D eigenvalue weighted by Gasteiger charge is -2.25. The molecule has 2 amide bonds. The molecule has 2 aromatic rings. The molecule has 2 atom stereocenters. The first-order valence-corrected chi connectivity index (χ1v) is 17.4. The molecule has 0 bridgehead atoms. The molecule has 0 saturated heterocycles. The van der Waals surface area contributed by atoms with Crippen LogP contribution in [0.1, 0.15) is 84.5 Å². The van der Waals surface area contributed by atoms with Crippen LogP contribution >= 0.6 is 15.2 Å². The molecule has 230 valence electrons. The third kappa shape index (κ3) is 8.08. The minimum atomic E-state index is -5.03. The number of rotatable bonds is 10. The van der Waals surface area contributed by atoms with Gasteiger partial charge in [-0.1, -0.05) is 31.7 Å². The number of fused-ring (bicyclic) bond motifs is 1. The third-order valence-corrected chi connectivity index (χ3v) is 10.2. The van der Waals surface area contributed by atoms with Gasteiger partial charge in [0, 0.05) is 0 Å². The Morgan fingerprint density at radius 3 is 2.24 bits per heavy atom. The van der Waals surface area contributed by atoms with E-state index in [1.165, 1.54) is 25.3 Å². The maximum Gasteiger partial charge on any atom is 0.357 e. The number of carbonyl (C=O) groups is 2. The molecule has 2 aromatic carbocycles. The van der Waals surface area contributed by atoms with Gasteiger partial charge in [0.15, 0.2) is 0 Å². The second-order valence-electron chi connectivity index (χ2n) is 11.3. The summed E-state index contributed by atoms with van der Waals surface area (Å²) in [6.07, 6.45) is 8.67. The Bertz CT molecular complexity index is 1420. The van der Waals surface area contributed by atoms with Crippen molar-refractivity contribution in [3.8, 4) is 5.75 Å². The standard InChI is InChI=1S/C28H39N3O9P2/c29-22(12-18-10-11-25(41(34,35)36)26(13-18)42(37,38)39)28(33)31-23-9-5-4-8-19-14-24(21(27(30)32)15-20(19)23)40-16-17-6-2-1-3-7-17/h10-11,13-15,17,22-23H,1-9,12,16,29H2,(H2,30,32)(H,31,33)(H2,34,35,36)(H2,37,38,39)/t22-,23-/m0/s1. The summed E-state index contributed by atoms with van der Waals surface area (Å²) in [6.45, 7) is 0.521. The summed E-state index contributed by atoms with van der Waals surface area (Å²) < 4.78 is 29.7. The fourth-order valence-electron chi connectivity index (χ4n) is 5.82. The lowest BCUT2D eigenvalue weighted by Crippen LogP contribution is -2.43. The number of benzene rings is 2. The van der Waals surface area contributed by atoms with Gasteiger partial charge in [-0.15, -0.1) is 0 Å². The highest BCUT2D eigenvalue weighted by atomic mass is 31.2. The average Bonchev–Trinajstić information content (AvgIpc) is 3.12. The van der Waals surface area contributed by atoms with Crippen LogP contribution in [0.25, 0.3) is 0 Å². The molecule has 1 saturated carbocycles. The van der Waals surface area contributed by atoms with E-state index in [1.807, 2.05) is 6.07 Å². The summed E-state index contributed by atoms with van der Waals surface area (Å²) in [6, 6.07) is 5.16. The van der Waals surface area contributed by atoms with Crippen LogP contribution in [0, 0.1) is 5.92 Å². The lowest BCUT2D eigenvalue weighted by molar-refractivity contribution is -0.123. The number of aryl methyl sites for hydroxylation is 1. The summed E-state index contributed by atoms with van der Waals surface area (Å²) in [4.78, 5) is 63.8. The van der Waals surface area contributed by atoms with Crippen LogP contribution < -0.4 is 32.1 Å². The van der Waals surface area contributed by atoms with Gasteiger partial charge in [0.05, 0.1) is 34.9 Å². The average molecular weight is 624 g/mol. The molecule has 42 heavy (non-hydrogen) atoms. The van der Waals surface area contributed by atoms with Gasteiger partial charge in [-0.05, 0) is 85.4 Å². The van der Waals surface area contributed by atoms with Crippen molar-refractivity contribution in [3.63, 3.8) is 0 Å². The van der Waals surface area contributed by atoms with E-state index in [4.69, 9.17) is 16.2 Å². The van der Waals surface area contributed by atoms with Gasteiger partial charge in [0.2, 0.25) is 5.91 Å². The largest absolute Gasteiger partial charge is 0.492 e. The molecule has 0 aromatic heterocycles. The van der Waals surface area contributed by atoms with E-state index >= 15 is 0 Å². The number of hydrogen-bond acceptors (Lipinski definition) is 6. The lowest BCUT2D eigenvalue weighted by atomic mass is 9.90. The van der Waals surface area contributed by atoms with Crippen molar-refractivity contribution in [1.82, 2.24) is 5.32 Å². The summed E-state index contributed by atoms with van der Waals surface area (Å²) in [7, 11) is -9.99. The van der Waals surface area contributed by atoms with E-state index in [9.17, 15) is 38.3 Å². The van der Waals surface area contributed by atoms with E-state index in [0.717, 1.165) is 55.4 Å². The zero-order valence-corrected chi connectivity index (χ0v) is 25.1. The Balaban J connectivity index is 1.52. The highest BCUT2D eigenvalue weighted by Crippen LogP contribution is 2.40. The van der Waals surface area contributed by atoms with E-state index in [2.05, 4.69) is 5.32 Å². The molecule has 0 spiro atoms. The molecule has 14 heteroatoms. The molecule has 2 aliphatic rings. The maximum atomic E-state index is 13.2. The predicted molar refractivity (Wildman–Crippen MR) is 157 cm³/mol. The van der Waals surface area contributed by atoms with Crippen molar-refractivity contribution in [2.45, 2.75) is 76.3 Å². The highest BCUT2D eigenvalue weighted by molar-refractivity contribution is 7.67. The zero-order chi connectivity index (χ0) is 30.7. The van der Waals surface area contributed by atoms with Gasteiger partial charge in [-0.25, -0.2) is 0 Å². The van der Waals surface area contributed by atoms with E-state index in [1.54, 1.807) is 6.07 Å². The number of hydrogen-bond donors (Lipinski definition) is 7. The number of nitrogens with one attached hydrogen (secondary N) is 1. The van der Waals surface area contributed by atoms with Gasteiger partial charge in [0.25, 0.3) is 5.91 Å². The summed E-state index contributed by atoms with van der Waals surface area (Å²) >= 11 is 0. The smallest absolute Gasteiger partial charge is 0.357 e. The second-order valence-corrected chi connectivity index (χ2v) is 14.4.